The lowest BCUT2D eigenvalue weighted by Crippen LogP contribution is -2.17. The van der Waals surface area contributed by atoms with Crippen molar-refractivity contribution in [3.8, 4) is 0 Å². The Morgan fingerprint density at radius 3 is 3.00 bits per heavy atom. The number of fused-ring (bicyclic) bond motifs is 1. The van der Waals surface area contributed by atoms with Crippen molar-refractivity contribution < 1.29 is 4.79 Å². The molecule has 0 saturated carbocycles. The minimum Gasteiger partial charge on any atom is -0.385 e. The summed E-state index contributed by atoms with van der Waals surface area (Å²) in [5.41, 5.74) is 4.64. The highest BCUT2D eigenvalue weighted by atomic mass is 16.2. The molecule has 0 unspecified atom stereocenters. The molecule has 0 bridgehead atoms. The Hall–Kier alpha value is -2.30. The van der Waals surface area contributed by atoms with Gasteiger partial charge < -0.3 is 10.6 Å². The first-order chi connectivity index (χ1) is 9.63. The molecule has 3 rings (SSSR count). The third kappa shape index (κ3) is 2.39. The number of hydrogen-bond acceptors (Lipinski definition) is 3. The monoisotopic (exact) mass is 270 g/mol. The van der Waals surface area contributed by atoms with Gasteiger partial charge in [-0.1, -0.05) is 6.07 Å². The van der Waals surface area contributed by atoms with Gasteiger partial charge in [0.15, 0.2) is 0 Å². The predicted molar refractivity (Wildman–Crippen MR) is 79.2 cm³/mol. The van der Waals surface area contributed by atoms with Crippen molar-refractivity contribution in [1.82, 2.24) is 9.78 Å². The quantitative estimate of drug-likeness (QED) is 0.880. The van der Waals surface area contributed by atoms with Gasteiger partial charge in [0, 0.05) is 25.0 Å². The molecule has 1 aromatic heterocycles. The lowest BCUT2D eigenvalue weighted by molar-refractivity contribution is 0.101. The highest BCUT2D eigenvalue weighted by Crippen LogP contribution is 2.25. The standard InChI is InChI=1S/C15H18N4O/c1-10-8-14(19(2)18-10)15(20)17-12-6-5-11-4-3-7-16-13(11)9-12/h5-6,8-9,16H,3-4,7H2,1-2H3,(H,17,20). The molecular weight excluding hydrogens is 252 g/mol. The zero-order chi connectivity index (χ0) is 14.1. The molecule has 0 aliphatic carbocycles. The zero-order valence-electron chi connectivity index (χ0n) is 11.7. The number of carbonyl (C=O) groups is 1. The van der Waals surface area contributed by atoms with Crippen molar-refractivity contribution >= 4 is 17.3 Å². The van der Waals surface area contributed by atoms with Crippen LogP contribution >= 0.6 is 0 Å². The average Bonchev–Trinajstić information content (AvgIpc) is 2.78. The number of amides is 1. The Bertz CT molecular complexity index is 660. The number of aryl methyl sites for hydroxylation is 3. The maximum absolute atomic E-state index is 12.2. The van der Waals surface area contributed by atoms with Crippen LogP contribution in [-0.2, 0) is 13.5 Å². The number of carbonyl (C=O) groups excluding carboxylic acids is 1. The van der Waals surface area contributed by atoms with E-state index >= 15 is 0 Å². The molecule has 1 amide bonds. The Labute approximate surface area is 118 Å². The van der Waals surface area contributed by atoms with Gasteiger partial charge in [-0.2, -0.15) is 5.10 Å². The first-order valence-corrected chi connectivity index (χ1v) is 6.82. The van der Waals surface area contributed by atoms with Crippen molar-refractivity contribution in [2.75, 3.05) is 17.2 Å². The SMILES string of the molecule is Cc1cc(C(=O)Nc2ccc3c(c2)NCCC3)n(C)n1. The maximum atomic E-state index is 12.2. The predicted octanol–water partition coefficient (Wildman–Crippen LogP) is 2.34. The van der Waals surface area contributed by atoms with Crippen LogP contribution in [0.1, 0.15) is 28.2 Å². The summed E-state index contributed by atoms with van der Waals surface area (Å²) in [5, 5.41) is 10.5. The van der Waals surface area contributed by atoms with Crippen LogP contribution in [0.5, 0.6) is 0 Å². The topological polar surface area (TPSA) is 59.0 Å². The van der Waals surface area contributed by atoms with E-state index in [2.05, 4.69) is 21.8 Å². The summed E-state index contributed by atoms with van der Waals surface area (Å²) in [6.45, 7) is 2.87. The molecule has 5 nitrogen and oxygen atoms in total. The van der Waals surface area contributed by atoms with E-state index in [4.69, 9.17) is 0 Å². The van der Waals surface area contributed by atoms with Crippen LogP contribution in [0.15, 0.2) is 24.3 Å². The van der Waals surface area contributed by atoms with Gasteiger partial charge in [0.05, 0.1) is 5.69 Å². The van der Waals surface area contributed by atoms with Crippen LogP contribution in [0.2, 0.25) is 0 Å². The van der Waals surface area contributed by atoms with E-state index < -0.39 is 0 Å². The smallest absolute Gasteiger partial charge is 0.273 e. The first-order valence-electron chi connectivity index (χ1n) is 6.82. The Morgan fingerprint density at radius 1 is 1.40 bits per heavy atom. The molecule has 0 radical (unpaired) electrons. The van der Waals surface area contributed by atoms with Gasteiger partial charge in [-0.25, -0.2) is 0 Å². The normalized spacial score (nSPS) is 13.5. The number of hydrogen-bond donors (Lipinski definition) is 2. The highest BCUT2D eigenvalue weighted by molar-refractivity contribution is 6.03. The van der Waals surface area contributed by atoms with Gasteiger partial charge in [-0.15, -0.1) is 0 Å². The van der Waals surface area contributed by atoms with Gasteiger partial charge in [-0.05, 0) is 43.5 Å². The van der Waals surface area contributed by atoms with Gasteiger partial charge in [0.25, 0.3) is 5.91 Å². The second kappa shape index (κ2) is 5.00. The van der Waals surface area contributed by atoms with Crippen molar-refractivity contribution in [2.45, 2.75) is 19.8 Å². The molecule has 0 saturated heterocycles. The van der Waals surface area contributed by atoms with Crippen molar-refractivity contribution in [3.63, 3.8) is 0 Å². The fraction of sp³-hybridized carbons (Fsp3) is 0.333. The van der Waals surface area contributed by atoms with Crippen LogP contribution in [0, 0.1) is 6.92 Å². The molecule has 2 heterocycles. The highest BCUT2D eigenvalue weighted by Gasteiger charge is 2.14. The molecule has 0 atom stereocenters. The van der Waals surface area contributed by atoms with Gasteiger partial charge in [0.2, 0.25) is 0 Å². The van der Waals surface area contributed by atoms with E-state index in [1.165, 1.54) is 5.56 Å². The van der Waals surface area contributed by atoms with Crippen molar-refractivity contribution in [3.05, 3.63) is 41.2 Å². The molecule has 0 spiro atoms. The molecule has 2 aromatic rings. The van der Waals surface area contributed by atoms with Crippen LogP contribution < -0.4 is 10.6 Å². The molecule has 20 heavy (non-hydrogen) atoms. The van der Waals surface area contributed by atoms with Gasteiger partial charge >= 0.3 is 0 Å². The number of benzene rings is 1. The Morgan fingerprint density at radius 2 is 2.25 bits per heavy atom. The van der Waals surface area contributed by atoms with Crippen LogP contribution in [0.25, 0.3) is 0 Å². The lowest BCUT2D eigenvalue weighted by Gasteiger charge is -2.18. The largest absolute Gasteiger partial charge is 0.385 e. The maximum Gasteiger partial charge on any atom is 0.273 e. The van der Waals surface area contributed by atoms with Crippen LogP contribution in [0.4, 0.5) is 11.4 Å². The number of nitrogens with one attached hydrogen (secondary N) is 2. The fourth-order valence-corrected chi connectivity index (χ4v) is 2.56. The van der Waals surface area contributed by atoms with E-state index in [-0.39, 0.29) is 5.91 Å². The summed E-state index contributed by atoms with van der Waals surface area (Å²) < 4.78 is 1.60. The van der Waals surface area contributed by atoms with Crippen LogP contribution in [-0.4, -0.2) is 22.2 Å². The van der Waals surface area contributed by atoms with E-state index in [1.54, 1.807) is 17.8 Å². The average molecular weight is 270 g/mol. The zero-order valence-corrected chi connectivity index (χ0v) is 11.7. The van der Waals surface area contributed by atoms with E-state index in [1.807, 2.05) is 19.1 Å². The molecule has 0 fully saturated rings. The molecule has 1 aliphatic rings. The summed E-state index contributed by atoms with van der Waals surface area (Å²) in [6.07, 6.45) is 2.25. The van der Waals surface area contributed by atoms with E-state index in [9.17, 15) is 4.79 Å². The van der Waals surface area contributed by atoms with Crippen LogP contribution in [0.3, 0.4) is 0 Å². The molecule has 104 valence electrons. The summed E-state index contributed by atoms with van der Waals surface area (Å²) in [4.78, 5) is 12.2. The number of anilines is 2. The third-order valence-electron chi connectivity index (χ3n) is 3.54. The second-order valence-corrected chi connectivity index (χ2v) is 5.15. The van der Waals surface area contributed by atoms with Crippen molar-refractivity contribution in [1.29, 1.82) is 0 Å². The summed E-state index contributed by atoms with van der Waals surface area (Å²) in [5.74, 6) is -0.135. The lowest BCUT2D eigenvalue weighted by atomic mass is 10.0. The number of nitrogens with zero attached hydrogens (tertiary/aromatic N) is 2. The second-order valence-electron chi connectivity index (χ2n) is 5.15. The fourth-order valence-electron chi connectivity index (χ4n) is 2.56. The third-order valence-corrected chi connectivity index (χ3v) is 3.54. The van der Waals surface area contributed by atoms with Crippen molar-refractivity contribution in [2.24, 2.45) is 7.05 Å². The summed E-state index contributed by atoms with van der Waals surface area (Å²) >= 11 is 0. The van der Waals surface area contributed by atoms with E-state index in [0.29, 0.717) is 5.69 Å². The molecule has 1 aliphatic heterocycles. The number of aromatic nitrogens is 2. The molecule has 1 aromatic carbocycles. The summed E-state index contributed by atoms with van der Waals surface area (Å²) in [6, 6.07) is 7.81. The number of rotatable bonds is 2. The Balaban J connectivity index is 1.81. The molecular formula is C15H18N4O. The summed E-state index contributed by atoms with van der Waals surface area (Å²) in [7, 11) is 1.77. The van der Waals surface area contributed by atoms with E-state index in [0.717, 1.165) is 36.5 Å². The molecule has 5 heteroatoms. The molecule has 2 N–H and O–H groups in total. The van der Waals surface area contributed by atoms with Gasteiger partial charge in [-0.3, -0.25) is 9.48 Å². The Kier molecular flexibility index (Phi) is 3.18. The first kappa shape index (κ1) is 12.7. The minimum atomic E-state index is -0.135. The van der Waals surface area contributed by atoms with Gasteiger partial charge in [0.1, 0.15) is 5.69 Å². The minimum absolute atomic E-state index is 0.135.